The van der Waals surface area contributed by atoms with E-state index in [-0.39, 0.29) is 11.5 Å². The Bertz CT molecular complexity index is 870. The van der Waals surface area contributed by atoms with E-state index in [1.165, 1.54) is 10.4 Å². The summed E-state index contributed by atoms with van der Waals surface area (Å²) in [5.74, 6) is 0.574. The summed E-state index contributed by atoms with van der Waals surface area (Å²) >= 11 is 1.59. The standard InChI is InChI=1S/C21H26N2O3S2/c1-2-28(25)17-5-3-15(4-6-17)14-23-20(24)18-13-16-7-12-26-21(19(16)27-18)8-10-22-11-9-21/h3-6,13,22H,2,7-12,14H2,1H3,(H,23,24). The highest BCUT2D eigenvalue weighted by atomic mass is 32.2. The summed E-state index contributed by atoms with van der Waals surface area (Å²) in [6, 6.07) is 9.67. The molecule has 2 N–H and O–H groups in total. The fourth-order valence-corrected chi connectivity index (χ4v) is 6.03. The van der Waals surface area contributed by atoms with Gasteiger partial charge in [-0.25, -0.2) is 0 Å². The lowest BCUT2D eigenvalue weighted by molar-refractivity contribution is -0.0771. The highest BCUT2D eigenvalue weighted by Crippen LogP contribution is 2.44. The molecule has 2 aliphatic rings. The monoisotopic (exact) mass is 418 g/mol. The molecule has 1 aromatic carbocycles. The average Bonchev–Trinajstić information content (AvgIpc) is 3.19. The van der Waals surface area contributed by atoms with E-state index in [0.717, 1.165) is 54.3 Å². The summed E-state index contributed by atoms with van der Waals surface area (Å²) in [6.45, 7) is 5.02. The number of amides is 1. The van der Waals surface area contributed by atoms with Gasteiger partial charge in [-0.2, -0.15) is 0 Å². The minimum Gasteiger partial charge on any atom is -0.369 e. The topological polar surface area (TPSA) is 67.4 Å². The molecule has 2 aromatic rings. The molecule has 1 amide bonds. The fourth-order valence-electron chi connectivity index (χ4n) is 3.93. The second kappa shape index (κ2) is 8.45. The Hall–Kier alpha value is -1.54. The number of piperidine rings is 1. The first-order valence-corrected chi connectivity index (χ1v) is 12.0. The van der Waals surface area contributed by atoms with Crippen molar-refractivity contribution in [3.05, 3.63) is 51.2 Å². The minimum atomic E-state index is -0.945. The molecule has 28 heavy (non-hydrogen) atoms. The number of hydrogen-bond acceptors (Lipinski definition) is 5. The number of nitrogens with one attached hydrogen (secondary N) is 2. The van der Waals surface area contributed by atoms with Crippen molar-refractivity contribution in [2.75, 3.05) is 25.4 Å². The van der Waals surface area contributed by atoms with Crippen molar-refractivity contribution in [2.24, 2.45) is 0 Å². The maximum Gasteiger partial charge on any atom is 0.261 e. The smallest absolute Gasteiger partial charge is 0.261 e. The van der Waals surface area contributed by atoms with Gasteiger partial charge in [0, 0.05) is 22.1 Å². The number of benzene rings is 1. The van der Waals surface area contributed by atoms with E-state index in [1.54, 1.807) is 11.3 Å². The quantitative estimate of drug-likeness (QED) is 0.783. The number of carbonyl (C=O) groups excluding carboxylic acids is 1. The van der Waals surface area contributed by atoms with Crippen molar-refractivity contribution in [1.82, 2.24) is 10.6 Å². The second-order valence-electron chi connectivity index (χ2n) is 7.27. The minimum absolute atomic E-state index is 0.0373. The largest absolute Gasteiger partial charge is 0.369 e. The zero-order valence-electron chi connectivity index (χ0n) is 16.1. The summed E-state index contributed by atoms with van der Waals surface area (Å²) in [7, 11) is -0.945. The van der Waals surface area contributed by atoms with Gasteiger partial charge in [-0.1, -0.05) is 19.1 Å². The SMILES string of the molecule is CCS(=O)c1ccc(CNC(=O)c2cc3c(s2)C2(CCNCC2)OCC3)cc1. The molecular formula is C21H26N2O3S2. The lowest BCUT2D eigenvalue weighted by atomic mass is 9.86. The molecular weight excluding hydrogens is 392 g/mol. The maximum absolute atomic E-state index is 12.7. The molecule has 1 atom stereocenters. The highest BCUT2D eigenvalue weighted by Gasteiger charge is 2.41. The molecule has 1 fully saturated rings. The van der Waals surface area contributed by atoms with Gasteiger partial charge in [0.05, 0.1) is 22.3 Å². The average molecular weight is 419 g/mol. The van der Waals surface area contributed by atoms with Gasteiger partial charge in [0.25, 0.3) is 5.91 Å². The van der Waals surface area contributed by atoms with Crippen LogP contribution in [0.4, 0.5) is 0 Å². The third-order valence-electron chi connectivity index (χ3n) is 5.51. The summed E-state index contributed by atoms with van der Waals surface area (Å²) in [5.41, 5.74) is 2.08. The van der Waals surface area contributed by atoms with Gasteiger partial charge in [0.15, 0.2) is 0 Å². The first-order valence-electron chi connectivity index (χ1n) is 9.85. The van der Waals surface area contributed by atoms with Crippen LogP contribution in [0.3, 0.4) is 0 Å². The van der Waals surface area contributed by atoms with Crippen LogP contribution >= 0.6 is 11.3 Å². The Labute approximate surface area is 172 Å². The first-order chi connectivity index (χ1) is 13.6. The Kier molecular flexibility index (Phi) is 5.96. The Balaban J connectivity index is 1.44. The van der Waals surface area contributed by atoms with Gasteiger partial charge in [-0.3, -0.25) is 9.00 Å². The van der Waals surface area contributed by atoms with Crippen molar-refractivity contribution < 1.29 is 13.7 Å². The number of hydrogen-bond donors (Lipinski definition) is 2. The van der Waals surface area contributed by atoms with Gasteiger partial charge in [0.2, 0.25) is 0 Å². The number of fused-ring (bicyclic) bond motifs is 2. The molecule has 0 bridgehead atoms. The molecule has 0 aliphatic carbocycles. The molecule has 0 saturated carbocycles. The second-order valence-corrected chi connectivity index (χ2v) is 10.1. The normalized spacial score (nSPS) is 19.2. The van der Waals surface area contributed by atoms with Crippen LogP contribution in [-0.2, 0) is 34.1 Å². The maximum atomic E-state index is 12.7. The van der Waals surface area contributed by atoms with Gasteiger partial charge >= 0.3 is 0 Å². The zero-order chi connectivity index (χ0) is 19.6. The number of ether oxygens (including phenoxy) is 1. The summed E-state index contributed by atoms with van der Waals surface area (Å²) < 4.78 is 18.0. The van der Waals surface area contributed by atoms with Crippen LogP contribution < -0.4 is 10.6 Å². The lowest BCUT2D eigenvalue weighted by Crippen LogP contribution is -2.43. The van der Waals surface area contributed by atoms with E-state index in [9.17, 15) is 9.00 Å². The van der Waals surface area contributed by atoms with E-state index in [1.807, 2.05) is 31.2 Å². The number of thiophene rings is 1. The molecule has 2 aliphatic heterocycles. The van der Waals surface area contributed by atoms with Crippen molar-refractivity contribution in [2.45, 2.75) is 43.2 Å². The van der Waals surface area contributed by atoms with Crippen molar-refractivity contribution in [1.29, 1.82) is 0 Å². The molecule has 150 valence electrons. The first kappa shape index (κ1) is 19.8. The third kappa shape index (κ3) is 3.94. The zero-order valence-corrected chi connectivity index (χ0v) is 17.7. The van der Waals surface area contributed by atoms with E-state index in [0.29, 0.717) is 12.3 Å². The van der Waals surface area contributed by atoms with Gasteiger partial charge in [0.1, 0.15) is 5.60 Å². The Morgan fingerprint density at radius 1 is 1.29 bits per heavy atom. The van der Waals surface area contributed by atoms with Crippen molar-refractivity contribution in [3.63, 3.8) is 0 Å². The molecule has 4 rings (SSSR count). The predicted molar refractivity (Wildman–Crippen MR) is 112 cm³/mol. The van der Waals surface area contributed by atoms with E-state index >= 15 is 0 Å². The van der Waals surface area contributed by atoms with Crippen LogP contribution in [0.2, 0.25) is 0 Å². The summed E-state index contributed by atoms with van der Waals surface area (Å²) in [6.07, 6.45) is 2.81. The molecule has 1 saturated heterocycles. The van der Waals surface area contributed by atoms with Crippen LogP contribution in [0.25, 0.3) is 0 Å². The van der Waals surface area contributed by atoms with Crippen LogP contribution in [0.5, 0.6) is 0 Å². The van der Waals surface area contributed by atoms with Crippen LogP contribution in [0, 0.1) is 0 Å². The summed E-state index contributed by atoms with van der Waals surface area (Å²) in [5, 5.41) is 6.42. The van der Waals surface area contributed by atoms with E-state index < -0.39 is 10.8 Å². The molecule has 0 radical (unpaired) electrons. The predicted octanol–water partition coefficient (Wildman–Crippen LogP) is 2.96. The highest BCUT2D eigenvalue weighted by molar-refractivity contribution is 7.85. The molecule has 3 heterocycles. The Morgan fingerprint density at radius 3 is 2.75 bits per heavy atom. The van der Waals surface area contributed by atoms with Crippen LogP contribution in [0.1, 0.15) is 45.4 Å². The summed E-state index contributed by atoms with van der Waals surface area (Å²) in [4.78, 5) is 15.6. The molecule has 1 unspecified atom stereocenters. The van der Waals surface area contributed by atoms with Crippen LogP contribution in [0.15, 0.2) is 35.2 Å². The molecule has 1 aromatic heterocycles. The number of rotatable bonds is 5. The Morgan fingerprint density at radius 2 is 2.04 bits per heavy atom. The van der Waals surface area contributed by atoms with Crippen molar-refractivity contribution in [3.8, 4) is 0 Å². The van der Waals surface area contributed by atoms with E-state index in [2.05, 4.69) is 16.7 Å². The van der Waals surface area contributed by atoms with Crippen LogP contribution in [-0.4, -0.2) is 35.6 Å². The van der Waals surface area contributed by atoms with Gasteiger partial charge in [-0.05, 0) is 61.7 Å². The van der Waals surface area contributed by atoms with Gasteiger partial charge in [-0.15, -0.1) is 11.3 Å². The van der Waals surface area contributed by atoms with Crippen molar-refractivity contribution >= 4 is 28.0 Å². The molecule has 5 nitrogen and oxygen atoms in total. The number of carbonyl (C=O) groups is 1. The molecule has 1 spiro atoms. The van der Waals surface area contributed by atoms with Gasteiger partial charge < -0.3 is 15.4 Å². The fraction of sp³-hybridized carbons (Fsp3) is 0.476. The molecule has 7 heteroatoms. The lowest BCUT2D eigenvalue weighted by Gasteiger charge is -2.40. The van der Waals surface area contributed by atoms with E-state index in [4.69, 9.17) is 4.74 Å². The third-order valence-corrected chi connectivity index (χ3v) is 8.19.